The van der Waals surface area contributed by atoms with Crippen LogP contribution in [0.25, 0.3) is 0 Å². The Hall–Kier alpha value is -2.02. The summed E-state index contributed by atoms with van der Waals surface area (Å²) in [4.78, 5) is 11.5. The van der Waals surface area contributed by atoms with Gasteiger partial charge < -0.3 is 10.1 Å². The summed E-state index contributed by atoms with van der Waals surface area (Å²) in [6.45, 7) is 3.55. The van der Waals surface area contributed by atoms with Gasteiger partial charge in [-0.2, -0.15) is 0 Å². The quantitative estimate of drug-likeness (QED) is 0.553. The van der Waals surface area contributed by atoms with Crippen molar-refractivity contribution in [1.29, 1.82) is 0 Å². The van der Waals surface area contributed by atoms with E-state index in [4.69, 9.17) is 27.9 Å². The number of rotatable bonds is 6. The lowest BCUT2D eigenvalue weighted by Crippen LogP contribution is -2.18. The van der Waals surface area contributed by atoms with Crippen LogP contribution in [-0.4, -0.2) is 21.0 Å². The van der Waals surface area contributed by atoms with Crippen molar-refractivity contribution < 1.29 is 17.9 Å². The first-order chi connectivity index (χ1) is 12.3. The molecule has 0 heterocycles. The summed E-state index contributed by atoms with van der Waals surface area (Å²) in [5, 5.41) is 3.01. The van der Waals surface area contributed by atoms with E-state index in [0.29, 0.717) is 5.69 Å². The Bertz CT molecular complexity index is 938. The maximum Gasteiger partial charge on any atom is 0.351 e. The first-order valence-electron chi connectivity index (χ1n) is 7.66. The molecule has 0 atom stereocenters. The van der Waals surface area contributed by atoms with E-state index in [-0.39, 0.29) is 21.5 Å². The second-order valence-corrected chi connectivity index (χ2v) is 8.05. The molecule has 0 aliphatic heterocycles. The Balaban J connectivity index is 2.47. The fourth-order valence-electron chi connectivity index (χ4n) is 2.06. The monoisotopic (exact) mass is 413 g/mol. The first kappa shape index (κ1) is 20.3. The van der Waals surface area contributed by atoms with Crippen molar-refractivity contribution >= 4 is 44.7 Å². The molecule has 0 spiro atoms. The minimum atomic E-state index is -4.21. The molecule has 1 N–H and O–H groups in total. The number of carbonyl (C=O) groups excluding carboxylic acids is 1. The number of esters is 1. The molecule has 138 valence electrons. The molecule has 26 heavy (non-hydrogen) atoms. The van der Waals surface area contributed by atoms with Crippen LogP contribution in [0, 0.1) is 6.92 Å². The van der Waals surface area contributed by atoms with Gasteiger partial charge in [-0.25, -0.2) is 13.2 Å². The lowest BCUT2D eigenvalue weighted by atomic mass is 10.2. The minimum Gasteiger partial charge on any atom is -0.462 e. The molecule has 0 aliphatic carbocycles. The van der Waals surface area contributed by atoms with Crippen LogP contribution < -0.4 is 5.32 Å². The molecule has 0 radical (unpaired) electrons. The van der Waals surface area contributed by atoms with Gasteiger partial charge in [0.2, 0.25) is 9.84 Å². The number of hydrogen-bond acceptors (Lipinski definition) is 5. The highest BCUT2D eigenvalue weighted by Crippen LogP contribution is 2.30. The molecule has 0 saturated carbocycles. The van der Waals surface area contributed by atoms with Gasteiger partial charge in [-0.3, -0.25) is 0 Å². The lowest BCUT2D eigenvalue weighted by Gasteiger charge is -2.11. The number of sulfone groups is 1. The van der Waals surface area contributed by atoms with Crippen molar-refractivity contribution in [3.8, 4) is 0 Å². The largest absolute Gasteiger partial charge is 0.462 e. The van der Waals surface area contributed by atoms with Crippen LogP contribution in [-0.2, 0) is 19.4 Å². The number of hydrogen-bond donors (Lipinski definition) is 1. The number of anilines is 1. The van der Waals surface area contributed by atoms with Crippen LogP contribution in [0.4, 0.5) is 5.69 Å². The molecule has 0 amide bonds. The molecule has 0 unspecified atom stereocenters. The van der Waals surface area contributed by atoms with Crippen LogP contribution in [0.5, 0.6) is 0 Å². The Kier molecular flexibility index (Phi) is 6.69. The SMILES string of the molecule is CCOC(=O)/C(=C\Nc1ccc(C)cc1)S(=O)(=O)c1ccc(Cl)cc1Cl. The van der Waals surface area contributed by atoms with Crippen molar-refractivity contribution in [3.63, 3.8) is 0 Å². The molecule has 0 saturated heterocycles. The number of nitrogens with one attached hydrogen (secondary N) is 1. The normalized spacial score (nSPS) is 11.9. The molecule has 2 rings (SSSR count). The number of aryl methyl sites for hydroxylation is 1. The van der Waals surface area contributed by atoms with Crippen LogP contribution in [0.15, 0.2) is 58.5 Å². The maximum absolute atomic E-state index is 12.9. The Morgan fingerprint density at radius 1 is 1.15 bits per heavy atom. The average Bonchev–Trinajstić information content (AvgIpc) is 2.56. The molecule has 0 aromatic heterocycles. The van der Waals surface area contributed by atoms with Crippen molar-refractivity contribution in [2.75, 3.05) is 11.9 Å². The third-order valence-corrected chi connectivity index (χ3v) is 5.83. The summed E-state index contributed by atoms with van der Waals surface area (Å²) in [6, 6.07) is 11.2. The molecule has 2 aromatic carbocycles. The standard InChI is InChI=1S/C18H17Cl2NO4S/c1-3-25-18(22)17(11-21-14-7-4-12(2)5-8-14)26(23,24)16-9-6-13(19)10-15(16)20/h4-11,21H,3H2,1-2H3/b17-11+. The second-order valence-electron chi connectivity index (χ2n) is 5.32. The van der Waals surface area contributed by atoms with Gasteiger partial charge in [0.1, 0.15) is 0 Å². The number of benzene rings is 2. The minimum absolute atomic E-state index is 0.0323. The van der Waals surface area contributed by atoms with Gasteiger partial charge in [0.15, 0.2) is 4.91 Å². The van der Waals surface area contributed by atoms with Crippen LogP contribution >= 0.6 is 23.2 Å². The molecule has 5 nitrogen and oxygen atoms in total. The van der Waals surface area contributed by atoms with E-state index in [2.05, 4.69) is 5.32 Å². The molecule has 2 aromatic rings. The topological polar surface area (TPSA) is 72.5 Å². The lowest BCUT2D eigenvalue weighted by molar-refractivity contribution is -0.137. The summed E-state index contributed by atoms with van der Waals surface area (Å²) in [6.07, 6.45) is 1.10. The van der Waals surface area contributed by atoms with Gasteiger partial charge in [0.05, 0.1) is 16.5 Å². The Labute approximate surface area is 162 Å². The van der Waals surface area contributed by atoms with E-state index in [9.17, 15) is 13.2 Å². The fourth-order valence-corrected chi connectivity index (χ4v) is 4.06. The number of halogens is 2. The van der Waals surface area contributed by atoms with Gasteiger partial charge in [-0.15, -0.1) is 0 Å². The maximum atomic E-state index is 12.9. The highest BCUT2D eigenvalue weighted by molar-refractivity contribution is 7.96. The zero-order valence-corrected chi connectivity index (χ0v) is 16.5. The van der Waals surface area contributed by atoms with Gasteiger partial charge in [0, 0.05) is 16.9 Å². The number of ether oxygens (including phenoxy) is 1. The van der Waals surface area contributed by atoms with Crippen molar-refractivity contribution in [2.24, 2.45) is 0 Å². The van der Waals surface area contributed by atoms with E-state index >= 15 is 0 Å². The van der Waals surface area contributed by atoms with Crippen LogP contribution in [0.1, 0.15) is 12.5 Å². The highest BCUT2D eigenvalue weighted by atomic mass is 35.5. The zero-order valence-electron chi connectivity index (χ0n) is 14.1. The summed E-state index contributed by atoms with van der Waals surface area (Å²) in [7, 11) is -4.21. The molecule has 0 aliphatic rings. The van der Waals surface area contributed by atoms with E-state index < -0.39 is 20.7 Å². The molecule has 0 fully saturated rings. The van der Waals surface area contributed by atoms with Gasteiger partial charge in [-0.05, 0) is 44.2 Å². The summed E-state index contributed by atoms with van der Waals surface area (Å²) >= 11 is 11.8. The van der Waals surface area contributed by atoms with E-state index in [1.54, 1.807) is 19.1 Å². The molecule has 0 bridgehead atoms. The summed E-state index contributed by atoms with van der Waals surface area (Å²) in [5.41, 5.74) is 1.67. The third-order valence-electron chi connectivity index (χ3n) is 3.37. The van der Waals surface area contributed by atoms with Crippen molar-refractivity contribution in [3.05, 3.63) is 69.2 Å². The van der Waals surface area contributed by atoms with E-state index in [0.717, 1.165) is 11.8 Å². The zero-order chi connectivity index (χ0) is 19.3. The van der Waals surface area contributed by atoms with Gasteiger partial charge >= 0.3 is 5.97 Å². The van der Waals surface area contributed by atoms with Crippen LogP contribution in [0.2, 0.25) is 10.0 Å². The van der Waals surface area contributed by atoms with Crippen molar-refractivity contribution in [1.82, 2.24) is 0 Å². The first-order valence-corrected chi connectivity index (χ1v) is 9.90. The number of carbonyl (C=O) groups is 1. The third kappa shape index (κ3) is 4.78. The smallest absolute Gasteiger partial charge is 0.351 e. The molecule has 8 heteroatoms. The highest BCUT2D eigenvalue weighted by Gasteiger charge is 2.30. The van der Waals surface area contributed by atoms with Crippen LogP contribution in [0.3, 0.4) is 0 Å². The summed E-state index contributed by atoms with van der Waals surface area (Å²) < 4.78 is 30.7. The van der Waals surface area contributed by atoms with E-state index in [1.807, 2.05) is 19.1 Å². The molecular weight excluding hydrogens is 397 g/mol. The van der Waals surface area contributed by atoms with Gasteiger partial charge in [-0.1, -0.05) is 40.9 Å². The van der Waals surface area contributed by atoms with E-state index in [1.165, 1.54) is 18.2 Å². The summed E-state index contributed by atoms with van der Waals surface area (Å²) in [5.74, 6) is -0.974. The average molecular weight is 414 g/mol. The predicted octanol–water partition coefficient (Wildman–Crippen LogP) is 4.59. The second kappa shape index (κ2) is 8.58. The molecular formula is C18H17Cl2NO4S. The Morgan fingerprint density at radius 3 is 2.38 bits per heavy atom. The van der Waals surface area contributed by atoms with Gasteiger partial charge in [0.25, 0.3) is 0 Å². The van der Waals surface area contributed by atoms with Crippen molar-refractivity contribution in [2.45, 2.75) is 18.7 Å². The predicted molar refractivity (Wildman–Crippen MR) is 103 cm³/mol. The fraction of sp³-hybridized carbons (Fsp3) is 0.167. The Morgan fingerprint density at radius 2 is 1.81 bits per heavy atom.